The van der Waals surface area contributed by atoms with Gasteiger partial charge in [-0.3, -0.25) is 4.98 Å². The molecule has 2 aromatic rings. The average molecular weight is 369 g/mol. The van der Waals surface area contributed by atoms with Crippen molar-refractivity contribution >= 4 is 12.0 Å². The highest BCUT2D eigenvalue weighted by molar-refractivity contribution is 5.89. The third kappa shape index (κ3) is 5.04. The van der Waals surface area contributed by atoms with Crippen molar-refractivity contribution in [2.24, 2.45) is 0 Å². The van der Waals surface area contributed by atoms with Gasteiger partial charge in [-0.2, -0.15) is 0 Å². The summed E-state index contributed by atoms with van der Waals surface area (Å²) in [5.41, 5.74) is 2.39. The number of benzene rings is 1. The molecule has 1 aliphatic heterocycles. The smallest absolute Gasteiger partial charge is 0.337 e. The first-order valence-electron chi connectivity index (χ1n) is 8.85. The van der Waals surface area contributed by atoms with Gasteiger partial charge in [0.2, 0.25) is 0 Å². The van der Waals surface area contributed by atoms with Crippen LogP contribution in [0.1, 0.15) is 21.5 Å². The zero-order chi connectivity index (χ0) is 19.1. The molecule has 27 heavy (non-hydrogen) atoms. The maximum Gasteiger partial charge on any atom is 0.337 e. The van der Waals surface area contributed by atoms with Crippen LogP contribution in [-0.2, 0) is 22.6 Å². The average Bonchev–Trinajstić information content (AvgIpc) is 2.74. The monoisotopic (exact) mass is 369 g/mol. The zero-order valence-corrected chi connectivity index (χ0v) is 15.3. The molecule has 0 aliphatic carbocycles. The second-order valence-corrected chi connectivity index (χ2v) is 6.29. The minimum atomic E-state index is -0.377. The summed E-state index contributed by atoms with van der Waals surface area (Å²) in [5.74, 6) is -0.377. The molecule has 7 heteroatoms. The Balaban J connectivity index is 1.76. The van der Waals surface area contributed by atoms with Crippen LogP contribution in [0, 0.1) is 0 Å². The number of hydrogen-bond donors (Lipinski definition) is 0. The van der Waals surface area contributed by atoms with Crippen molar-refractivity contribution in [3.63, 3.8) is 0 Å². The summed E-state index contributed by atoms with van der Waals surface area (Å²) in [6, 6.07) is 10.9. The van der Waals surface area contributed by atoms with Gasteiger partial charge in [0.05, 0.1) is 25.9 Å². The molecule has 2 amide bonds. The standard InChI is InChI=1S/C20H23N3O4/c1-26-19(24)18-6-4-16(5-7-18)14-23(15-17-3-2-8-21-13-17)20(25)22-9-11-27-12-10-22/h2-8,13H,9-12,14-15H2,1H3. The second-order valence-electron chi connectivity index (χ2n) is 6.29. The van der Waals surface area contributed by atoms with Crippen LogP contribution >= 0.6 is 0 Å². The number of carbonyl (C=O) groups is 2. The molecule has 0 spiro atoms. The number of methoxy groups -OCH3 is 1. The van der Waals surface area contributed by atoms with Crippen LogP contribution in [0.5, 0.6) is 0 Å². The molecule has 1 aliphatic rings. The molecular weight excluding hydrogens is 346 g/mol. The summed E-state index contributed by atoms with van der Waals surface area (Å²) in [6.45, 7) is 3.18. The highest BCUT2D eigenvalue weighted by Crippen LogP contribution is 2.14. The Labute approximate surface area is 158 Å². The molecule has 0 N–H and O–H groups in total. The van der Waals surface area contributed by atoms with Gasteiger partial charge in [-0.25, -0.2) is 9.59 Å². The first-order chi connectivity index (χ1) is 13.2. The van der Waals surface area contributed by atoms with E-state index in [4.69, 9.17) is 9.47 Å². The van der Waals surface area contributed by atoms with Crippen molar-refractivity contribution < 1.29 is 19.1 Å². The molecule has 0 radical (unpaired) electrons. The van der Waals surface area contributed by atoms with Crippen molar-refractivity contribution in [1.82, 2.24) is 14.8 Å². The molecule has 3 rings (SSSR count). The lowest BCUT2D eigenvalue weighted by Gasteiger charge is -2.33. The molecular formula is C20H23N3O4. The summed E-state index contributed by atoms with van der Waals surface area (Å²) < 4.78 is 10.1. The van der Waals surface area contributed by atoms with E-state index in [1.807, 2.05) is 29.2 Å². The maximum absolute atomic E-state index is 13.0. The molecule has 1 saturated heterocycles. The Kier molecular flexibility index (Phi) is 6.38. The fourth-order valence-electron chi connectivity index (χ4n) is 2.94. The quantitative estimate of drug-likeness (QED) is 0.757. The highest BCUT2D eigenvalue weighted by atomic mass is 16.5. The van der Waals surface area contributed by atoms with Crippen LogP contribution < -0.4 is 0 Å². The molecule has 142 valence electrons. The Morgan fingerprint density at radius 1 is 1.11 bits per heavy atom. The van der Waals surface area contributed by atoms with Crippen molar-refractivity contribution in [1.29, 1.82) is 0 Å². The minimum Gasteiger partial charge on any atom is -0.465 e. The zero-order valence-electron chi connectivity index (χ0n) is 15.3. The number of urea groups is 1. The molecule has 7 nitrogen and oxygen atoms in total. The number of carbonyl (C=O) groups excluding carboxylic acids is 2. The molecule has 0 bridgehead atoms. The SMILES string of the molecule is COC(=O)c1ccc(CN(Cc2cccnc2)C(=O)N2CCOCC2)cc1. The van der Waals surface area contributed by atoms with Crippen molar-refractivity contribution in [3.05, 3.63) is 65.5 Å². The Morgan fingerprint density at radius 2 is 1.81 bits per heavy atom. The lowest BCUT2D eigenvalue weighted by Crippen LogP contribution is -2.47. The van der Waals surface area contributed by atoms with Crippen molar-refractivity contribution in [3.8, 4) is 0 Å². The molecule has 0 atom stereocenters. The largest absolute Gasteiger partial charge is 0.465 e. The highest BCUT2D eigenvalue weighted by Gasteiger charge is 2.23. The second kappa shape index (κ2) is 9.14. The van der Waals surface area contributed by atoms with Gasteiger partial charge in [0, 0.05) is 38.6 Å². The van der Waals surface area contributed by atoms with E-state index in [2.05, 4.69) is 4.98 Å². The van der Waals surface area contributed by atoms with Crippen LogP contribution in [0.4, 0.5) is 4.79 Å². The third-order valence-corrected chi connectivity index (χ3v) is 4.40. The normalized spacial score (nSPS) is 13.9. The number of rotatable bonds is 5. The molecule has 0 saturated carbocycles. The van der Waals surface area contributed by atoms with Gasteiger partial charge in [-0.15, -0.1) is 0 Å². The fraction of sp³-hybridized carbons (Fsp3) is 0.350. The fourth-order valence-corrected chi connectivity index (χ4v) is 2.94. The van der Waals surface area contributed by atoms with Gasteiger partial charge in [0.25, 0.3) is 0 Å². The number of hydrogen-bond acceptors (Lipinski definition) is 5. The number of ether oxygens (including phenoxy) is 2. The number of amides is 2. The minimum absolute atomic E-state index is 0.0285. The van der Waals surface area contributed by atoms with E-state index in [1.165, 1.54) is 7.11 Å². The topological polar surface area (TPSA) is 72.0 Å². The summed E-state index contributed by atoms with van der Waals surface area (Å²) in [4.78, 5) is 32.4. The number of pyridine rings is 1. The first-order valence-corrected chi connectivity index (χ1v) is 8.85. The lowest BCUT2D eigenvalue weighted by atomic mass is 10.1. The molecule has 1 fully saturated rings. The number of esters is 1. The Morgan fingerprint density at radius 3 is 2.44 bits per heavy atom. The van der Waals surface area contributed by atoms with Crippen LogP contribution in [0.25, 0.3) is 0 Å². The van der Waals surface area contributed by atoms with Gasteiger partial charge >= 0.3 is 12.0 Å². The Hall–Kier alpha value is -2.93. The van der Waals surface area contributed by atoms with E-state index >= 15 is 0 Å². The van der Waals surface area contributed by atoms with Gasteiger partial charge in [0.15, 0.2) is 0 Å². The van der Waals surface area contributed by atoms with E-state index in [1.54, 1.807) is 29.4 Å². The predicted octanol–water partition coefficient (Wildman–Crippen LogP) is 2.32. The van der Waals surface area contributed by atoms with E-state index in [9.17, 15) is 9.59 Å². The van der Waals surface area contributed by atoms with E-state index in [0.717, 1.165) is 11.1 Å². The van der Waals surface area contributed by atoms with Crippen LogP contribution in [0.2, 0.25) is 0 Å². The first kappa shape index (κ1) is 18.8. The van der Waals surface area contributed by atoms with E-state index < -0.39 is 0 Å². The summed E-state index contributed by atoms with van der Waals surface area (Å²) in [5, 5.41) is 0. The summed E-state index contributed by atoms with van der Waals surface area (Å²) in [6.07, 6.45) is 3.48. The molecule has 1 aromatic heterocycles. The summed E-state index contributed by atoms with van der Waals surface area (Å²) >= 11 is 0. The van der Waals surface area contributed by atoms with Gasteiger partial charge in [-0.05, 0) is 29.3 Å². The van der Waals surface area contributed by atoms with Crippen LogP contribution in [0.3, 0.4) is 0 Å². The summed E-state index contributed by atoms with van der Waals surface area (Å²) in [7, 11) is 1.35. The Bertz CT molecular complexity index is 759. The van der Waals surface area contributed by atoms with Gasteiger partial charge in [-0.1, -0.05) is 18.2 Å². The lowest BCUT2D eigenvalue weighted by molar-refractivity contribution is 0.0418. The molecule has 0 unspecified atom stereocenters. The van der Waals surface area contributed by atoms with Gasteiger partial charge < -0.3 is 19.3 Å². The van der Waals surface area contributed by atoms with E-state index in [-0.39, 0.29) is 12.0 Å². The van der Waals surface area contributed by atoms with Crippen molar-refractivity contribution in [2.75, 3.05) is 33.4 Å². The molecule has 1 aromatic carbocycles. The predicted molar refractivity (Wildman–Crippen MR) is 99.1 cm³/mol. The number of nitrogens with zero attached hydrogens (tertiary/aromatic N) is 3. The van der Waals surface area contributed by atoms with Crippen LogP contribution in [0.15, 0.2) is 48.8 Å². The number of morpholine rings is 1. The van der Waals surface area contributed by atoms with E-state index in [0.29, 0.717) is 45.0 Å². The van der Waals surface area contributed by atoms with Crippen molar-refractivity contribution in [2.45, 2.75) is 13.1 Å². The number of aromatic nitrogens is 1. The third-order valence-electron chi connectivity index (χ3n) is 4.40. The van der Waals surface area contributed by atoms with Gasteiger partial charge in [0.1, 0.15) is 0 Å². The maximum atomic E-state index is 13.0. The molecule has 2 heterocycles. The van der Waals surface area contributed by atoms with Crippen LogP contribution in [-0.4, -0.2) is 60.2 Å².